The number of nitrogens with zero attached hydrogens (tertiary/aromatic N) is 2. The number of nitriles is 1. The van der Waals surface area contributed by atoms with E-state index in [1.807, 2.05) is 29.5 Å². The lowest BCUT2D eigenvalue weighted by molar-refractivity contribution is 0.0633. The highest BCUT2D eigenvalue weighted by molar-refractivity contribution is 7.19. The molecule has 4 rings (SSSR count). The highest BCUT2D eigenvalue weighted by Gasteiger charge is 2.31. The van der Waals surface area contributed by atoms with Crippen LogP contribution in [-0.4, -0.2) is 40.8 Å². The topological polar surface area (TPSA) is 59.3 Å². The van der Waals surface area contributed by atoms with Crippen molar-refractivity contribution in [2.45, 2.75) is 57.3 Å². The van der Waals surface area contributed by atoms with Crippen LogP contribution in [0.1, 0.15) is 42.7 Å². The lowest BCUT2D eigenvalue weighted by Gasteiger charge is -2.32. The van der Waals surface area contributed by atoms with Crippen molar-refractivity contribution in [2.24, 2.45) is 0 Å². The molecule has 4 nitrogen and oxygen atoms in total. The van der Waals surface area contributed by atoms with E-state index in [1.54, 1.807) is 0 Å². The number of hydrogen-bond donors (Lipinski definition) is 2. The van der Waals surface area contributed by atoms with E-state index in [4.69, 9.17) is 5.26 Å². The zero-order chi connectivity index (χ0) is 21.8. The summed E-state index contributed by atoms with van der Waals surface area (Å²) in [5, 5.41) is 25.1. The second kappa shape index (κ2) is 9.50. The van der Waals surface area contributed by atoms with Crippen LogP contribution in [0.15, 0.2) is 54.6 Å². The number of thiophene rings is 1. The summed E-state index contributed by atoms with van der Waals surface area (Å²) >= 11 is 1.85. The Bertz CT molecular complexity index is 1030. The fraction of sp³-hybridized carbons (Fsp3) is 0.423. The Morgan fingerprint density at radius 3 is 2.87 bits per heavy atom. The molecule has 0 aliphatic carbocycles. The molecule has 0 saturated carbocycles. The summed E-state index contributed by atoms with van der Waals surface area (Å²) in [6, 6.07) is 21.0. The van der Waals surface area contributed by atoms with Crippen LogP contribution >= 0.6 is 11.3 Å². The molecular weight excluding hydrogens is 402 g/mol. The smallest absolute Gasteiger partial charge is 0.0991 e. The van der Waals surface area contributed by atoms with Crippen LogP contribution in [0.4, 0.5) is 0 Å². The van der Waals surface area contributed by atoms with Gasteiger partial charge in [0.05, 0.1) is 17.7 Å². The Morgan fingerprint density at radius 2 is 2.06 bits per heavy atom. The molecule has 1 aromatic heterocycles. The molecule has 0 unspecified atom stereocenters. The second-order valence-electron chi connectivity index (χ2n) is 9.25. The summed E-state index contributed by atoms with van der Waals surface area (Å²) in [5.41, 5.74) is 1.74. The minimum absolute atomic E-state index is 0.0909. The Hall–Kier alpha value is -2.23. The first kappa shape index (κ1) is 22.0. The van der Waals surface area contributed by atoms with Crippen molar-refractivity contribution in [2.75, 3.05) is 13.1 Å². The van der Waals surface area contributed by atoms with Gasteiger partial charge in [0.15, 0.2) is 0 Å². The van der Waals surface area contributed by atoms with Crippen molar-refractivity contribution in [1.82, 2.24) is 10.2 Å². The number of nitrogens with one attached hydrogen (secondary N) is 1. The molecule has 1 aliphatic rings. The number of β-amino-alcohol motifs (C(OH)–C–C–N with tert-alkyl or cyclic N) is 1. The monoisotopic (exact) mass is 433 g/mol. The van der Waals surface area contributed by atoms with E-state index in [-0.39, 0.29) is 11.6 Å². The van der Waals surface area contributed by atoms with E-state index in [9.17, 15) is 5.11 Å². The van der Waals surface area contributed by atoms with Crippen molar-refractivity contribution in [3.05, 3.63) is 70.6 Å². The van der Waals surface area contributed by atoms with Crippen LogP contribution in [0.3, 0.4) is 0 Å². The van der Waals surface area contributed by atoms with Crippen LogP contribution in [0.2, 0.25) is 0 Å². The first-order valence-corrected chi connectivity index (χ1v) is 11.9. The maximum Gasteiger partial charge on any atom is 0.0991 e. The Balaban J connectivity index is 1.34. The van der Waals surface area contributed by atoms with Gasteiger partial charge in [-0.1, -0.05) is 30.3 Å². The molecule has 2 aromatic carbocycles. The van der Waals surface area contributed by atoms with Gasteiger partial charge in [-0.25, -0.2) is 0 Å². The summed E-state index contributed by atoms with van der Waals surface area (Å²) < 4.78 is 1.33. The number of hydrogen-bond acceptors (Lipinski definition) is 5. The number of fused-ring (bicyclic) bond motifs is 1. The molecule has 0 amide bonds. The minimum Gasteiger partial charge on any atom is -0.390 e. The third kappa shape index (κ3) is 5.53. The predicted molar refractivity (Wildman–Crippen MR) is 128 cm³/mol. The quantitative estimate of drug-likeness (QED) is 0.540. The predicted octanol–water partition coefficient (Wildman–Crippen LogP) is 4.71. The molecule has 3 aromatic rings. The highest BCUT2D eigenvalue weighted by Crippen LogP contribution is 2.28. The van der Waals surface area contributed by atoms with Gasteiger partial charge >= 0.3 is 0 Å². The van der Waals surface area contributed by atoms with Crippen molar-refractivity contribution >= 4 is 21.4 Å². The lowest BCUT2D eigenvalue weighted by Crippen LogP contribution is -2.50. The van der Waals surface area contributed by atoms with Gasteiger partial charge in [-0.15, -0.1) is 11.3 Å². The van der Waals surface area contributed by atoms with E-state index in [1.165, 1.54) is 15.0 Å². The normalized spacial score (nSPS) is 18.3. The fourth-order valence-corrected chi connectivity index (χ4v) is 5.89. The fourth-order valence-electron chi connectivity index (χ4n) is 4.60. The van der Waals surface area contributed by atoms with Gasteiger partial charge in [-0.2, -0.15) is 5.26 Å². The minimum atomic E-state index is -0.414. The zero-order valence-electron chi connectivity index (χ0n) is 18.3. The number of aliphatic hydroxyl groups is 1. The SMILES string of the molecule is CC(C)(Cc1cc2ccccc2s1)NC[C@@H](O)[C@H]1CCCN1Cc1cccc(C#N)c1. The molecule has 0 radical (unpaired) electrons. The number of benzene rings is 2. The van der Waals surface area contributed by atoms with Crippen LogP contribution in [0.5, 0.6) is 0 Å². The molecule has 1 fully saturated rings. The van der Waals surface area contributed by atoms with E-state index in [0.717, 1.165) is 37.9 Å². The van der Waals surface area contributed by atoms with Gasteiger partial charge < -0.3 is 10.4 Å². The molecule has 31 heavy (non-hydrogen) atoms. The van der Waals surface area contributed by atoms with Gasteiger partial charge in [0, 0.05) is 34.2 Å². The van der Waals surface area contributed by atoms with Crippen LogP contribution in [0.25, 0.3) is 10.1 Å². The Morgan fingerprint density at radius 1 is 1.23 bits per heavy atom. The van der Waals surface area contributed by atoms with Crippen molar-refractivity contribution in [3.63, 3.8) is 0 Å². The molecule has 5 heteroatoms. The molecule has 0 bridgehead atoms. The number of likely N-dealkylation sites (tertiary alicyclic amines) is 1. The van der Waals surface area contributed by atoms with Crippen LogP contribution < -0.4 is 5.32 Å². The Labute approximate surface area is 189 Å². The standard InChI is InChI=1S/C26H31N3OS/c1-26(2,15-22-14-21-9-3-4-11-25(21)31-22)28-17-24(30)23-10-6-12-29(23)18-20-8-5-7-19(13-20)16-27/h3-5,7-9,11,13-14,23-24,28,30H,6,10,12,15,17-18H2,1-2H3/t23-,24-/m1/s1. The molecule has 2 N–H and O–H groups in total. The first-order valence-electron chi connectivity index (χ1n) is 11.1. The summed E-state index contributed by atoms with van der Waals surface area (Å²) in [6.07, 6.45) is 2.64. The third-order valence-electron chi connectivity index (χ3n) is 6.18. The van der Waals surface area contributed by atoms with Crippen molar-refractivity contribution in [3.8, 4) is 6.07 Å². The molecule has 0 spiro atoms. The molecule has 1 aliphatic heterocycles. The molecule has 2 heterocycles. The molecule has 2 atom stereocenters. The second-order valence-corrected chi connectivity index (χ2v) is 10.4. The van der Waals surface area contributed by atoms with Crippen molar-refractivity contribution < 1.29 is 5.11 Å². The van der Waals surface area contributed by atoms with E-state index < -0.39 is 6.10 Å². The molecule has 1 saturated heterocycles. The summed E-state index contributed by atoms with van der Waals surface area (Å²) in [5.74, 6) is 0. The summed E-state index contributed by atoms with van der Waals surface area (Å²) in [4.78, 5) is 3.73. The lowest BCUT2D eigenvalue weighted by atomic mass is 9.98. The molecule has 162 valence electrons. The van der Waals surface area contributed by atoms with Crippen LogP contribution in [0, 0.1) is 11.3 Å². The number of aliphatic hydroxyl groups excluding tert-OH is 1. The summed E-state index contributed by atoms with van der Waals surface area (Å²) in [6.45, 7) is 6.78. The first-order chi connectivity index (χ1) is 14.9. The zero-order valence-corrected chi connectivity index (χ0v) is 19.2. The van der Waals surface area contributed by atoms with Gasteiger partial charge in [0.2, 0.25) is 0 Å². The number of rotatable bonds is 8. The maximum absolute atomic E-state index is 11.0. The largest absolute Gasteiger partial charge is 0.390 e. The third-order valence-corrected chi connectivity index (χ3v) is 7.30. The van der Waals surface area contributed by atoms with Gasteiger partial charge in [0.1, 0.15) is 0 Å². The molecular formula is C26H31N3OS. The van der Waals surface area contributed by atoms with Crippen LogP contribution in [-0.2, 0) is 13.0 Å². The average molecular weight is 434 g/mol. The van der Waals surface area contributed by atoms with E-state index >= 15 is 0 Å². The summed E-state index contributed by atoms with van der Waals surface area (Å²) in [7, 11) is 0. The average Bonchev–Trinajstić information content (AvgIpc) is 3.38. The van der Waals surface area contributed by atoms with E-state index in [2.05, 4.69) is 66.5 Å². The van der Waals surface area contributed by atoms with Gasteiger partial charge in [0.25, 0.3) is 0 Å². The van der Waals surface area contributed by atoms with Crippen molar-refractivity contribution in [1.29, 1.82) is 5.26 Å². The van der Waals surface area contributed by atoms with Gasteiger partial charge in [-0.3, -0.25) is 4.90 Å². The highest BCUT2D eigenvalue weighted by atomic mass is 32.1. The van der Waals surface area contributed by atoms with E-state index in [0.29, 0.717) is 12.1 Å². The Kier molecular flexibility index (Phi) is 6.74. The van der Waals surface area contributed by atoms with Gasteiger partial charge in [-0.05, 0) is 74.9 Å². The maximum atomic E-state index is 11.0.